The maximum Gasteiger partial charge on any atom is 0.170 e. The van der Waals surface area contributed by atoms with E-state index in [2.05, 4.69) is 116 Å². The maximum absolute atomic E-state index is 15.6. The third kappa shape index (κ3) is 3.39. The molecule has 8 rings (SSSR count). The summed E-state index contributed by atoms with van der Waals surface area (Å²) < 4.78 is 15.6. The Labute approximate surface area is 243 Å². The van der Waals surface area contributed by atoms with Crippen molar-refractivity contribution in [3.8, 4) is 11.1 Å². The molecule has 0 aliphatic heterocycles. The van der Waals surface area contributed by atoms with Gasteiger partial charge in [-0.1, -0.05) is 128 Å². The second kappa shape index (κ2) is 9.30. The van der Waals surface area contributed by atoms with Gasteiger partial charge in [-0.05, 0) is 82.2 Å². The fourth-order valence-corrected chi connectivity index (χ4v) is 10.6. The summed E-state index contributed by atoms with van der Waals surface area (Å²) in [6.45, 7) is 2.32. The highest BCUT2D eigenvalue weighted by Gasteiger charge is 2.53. The van der Waals surface area contributed by atoms with Crippen LogP contribution in [0.4, 0.5) is 0 Å². The highest BCUT2D eigenvalue weighted by molar-refractivity contribution is 7.82. The van der Waals surface area contributed by atoms with Crippen LogP contribution >= 0.6 is 7.14 Å². The van der Waals surface area contributed by atoms with Crippen LogP contribution in [0.15, 0.2) is 138 Å². The monoisotopic (exact) mass is 548 g/mol. The van der Waals surface area contributed by atoms with E-state index >= 15 is 4.57 Å². The SMILES string of the molecule is CC1C=CC2=C(C1)C1(c3ccccc32)c2ccccc2-c2ccc(P(=O)(C3=CCCCC=C3)c3ccccc3)cc21. The second-order valence-corrected chi connectivity index (χ2v) is 14.7. The molecule has 4 aromatic rings. The van der Waals surface area contributed by atoms with Crippen LogP contribution in [0.3, 0.4) is 0 Å². The van der Waals surface area contributed by atoms with Gasteiger partial charge in [0.25, 0.3) is 0 Å². The first-order chi connectivity index (χ1) is 20.1. The van der Waals surface area contributed by atoms with Crippen molar-refractivity contribution in [3.63, 3.8) is 0 Å². The Kier molecular flexibility index (Phi) is 5.63. The summed E-state index contributed by atoms with van der Waals surface area (Å²) in [6, 6.07) is 34.8. The average molecular weight is 549 g/mol. The van der Waals surface area contributed by atoms with E-state index in [1.807, 2.05) is 18.2 Å². The summed E-state index contributed by atoms with van der Waals surface area (Å²) in [5, 5.41) is 2.80. The van der Waals surface area contributed by atoms with E-state index in [9.17, 15) is 0 Å². The molecule has 0 saturated carbocycles. The zero-order valence-corrected chi connectivity index (χ0v) is 24.3. The summed E-state index contributed by atoms with van der Waals surface area (Å²) in [6.07, 6.45) is 15.4. The number of rotatable bonds is 3. The van der Waals surface area contributed by atoms with Crippen molar-refractivity contribution < 1.29 is 4.57 Å². The van der Waals surface area contributed by atoms with Crippen molar-refractivity contribution in [1.29, 1.82) is 0 Å². The Hall–Kier alpha value is -3.93. The number of hydrogen-bond donors (Lipinski definition) is 0. The van der Waals surface area contributed by atoms with Gasteiger partial charge in [0.2, 0.25) is 0 Å². The lowest BCUT2D eigenvalue weighted by Crippen LogP contribution is -2.30. The molecule has 0 heterocycles. The standard InChI is InChI=1S/C39H33OP/c1-27-21-23-33-31-17-9-11-19-35(31)39(37(33)25-27)36-20-12-10-18-32(36)34-24-22-30(26-38(34)39)41(40,29-15-7-4-8-16-29)28-13-5-2-3-6-14-28/h4-5,7-24,26-27H,2-3,6,25H2,1H3. The molecular weight excluding hydrogens is 515 g/mol. The van der Waals surface area contributed by atoms with Crippen molar-refractivity contribution in [1.82, 2.24) is 0 Å². The van der Waals surface area contributed by atoms with Crippen LogP contribution in [0.1, 0.15) is 54.9 Å². The predicted molar refractivity (Wildman–Crippen MR) is 172 cm³/mol. The smallest absolute Gasteiger partial charge is 0.170 e. The predicted octanol–water partition coefficient (Wildman–Crippen LogP) is 9.30. The summed E-state index contributed by atoms with van der Waals surface area (Å²) in [4.78, 5) is 0. The van der Waals surface area contributed by atoms with Crippen LogP contribution in [0.25, 0.3) is 16.7 Å². The van der Waals surface area contributed by atoms with Gasteiger partial charge < -0.3 is 4.57 Å². The Morgan fingerprint density at radius 2 is 1.41 bits per heavy atom. The van der Waals surface area contributed by atoms with Crippen LogP contribution in [0.5, 0.6) is 0 Å². The second-order valence-electron chi connectivity index (χ2n) is 11.9. The number of hydrogen-bond acceptors (Lipinski definition) is 1. The molecule has 0 aromatic heterocycles. The lowest BCUT2D eigenvalue weighted by molar-refractivity contribution is 0.591. The Balaban J connectivity index is 1.45. The maximum atomic E-state index is 15.6. The van der Waals surface area contributed by atoms with Gasteiger partial charge in [-0.15, -0.1) is 0 Å². The highest BCUT2D eigenvalue weighted by atomic mass is 31.2. The van der Waals surface area contributed by atoms with Crippen LogP contribution in [0, 0.1) is 5.92 Å². The molecule has 1 spiro atoms. The molecular formula is C39H33OP. The molecule has 4 aliphatic rings. The topological polar surface area (TPSA) is 17.1 Å². The fraction of sp³-hybridized carbons (Fsp3) is 0.179. The average Bonchev–Trinajstić information content (AvgIpc) is 3.29. The van der Waals surface area contributed by atoms with Gasteiger partial charge in [0.15, 0.2) is 7.14 Å². The first-order valence-corrected chi connectivity index (χ1v) is 16.6. The van der Waals surface area contributed by atoms with Gasteiger partial charge in [-0.2, -0.15) is 0 Å². The van der Waals surface area contributed by atoms with E-state index in [1.54, 1.807) is 0 Å². The quantitative estimate of drug-likeness (QED) is 0.233. The third-order valence-electron chi connectivity index (χ3n) is 9.61. The lowest BCUT2D eigenvalue weighted by Gasteiger charge is -2.35. The summed E-state index contributed by atoms with van der Waals surface area (Å²) in [5.41, 5.74) is 10.4. The van der Waals surface area contributed by atoms with Crippen LogP contribution in [-0.2, 0) is 9.98 Å². The van der Waals surface area contributed by atoms with Gasteiger partial charge in [0.05, 0.1) is 5.41 Å². The zero-order chi connectivity index (χ0) is 27.6. The highest BCUT2D eigenvalue weighted by Crippen LogP contribution is 2.64. The molecule has 0 amide bonds. The van der Waals surface area contributed by atoms with Gasteiger partial charge >= 0.3 is 0 Å². The molecule has 3 atom stereocenters. The molecule has 4 aliphatic carbocycles. The first-order valence-electron chi connectivity index (χ1n) is 14.9. The lowest BCUT2D eigenvalue weighted by atomic mass is 9.67. The Morgan fingerprint density at radius 3 is 2.24 bits per heavy atom. The van der Waals surface area contributed by atoms with E-state index in [0.717, 1.165) is 41.6 Å². The van der Waals surface area contributed by atoms with Crippen molar-refractivity contribution in [2.24, 2.45) is 5.92 Å². The van der Waals surface area contributed by atoms with Crippen molar-refractivity contribution in [2.75, 3.05) is 0 Å². The number of allylic oxidation sites excluding steroid dienone is 8. The van der Waals surface area contributed by atoms with Crippen molar-refractivity contribution in [3.05, 3.63) is 161 Å². The fourth-order valence-electron chi connectivity index (χ4n) is 7.83. The van der Waals surface area contributed by atoms with Crippen molar-refractivity contribution in [2.45, 2.75) is 38.0 Å². The molecule has 1 nitrogen and oxygen atoms in total. The third-order valence-corrected chi connectivity index (χ3v) is 12.7. The summed E-state index contributed by atoms with van der Waals surface area (Å²) >= 11 is 0. The van der Waals surface area contributed by atoms with Gasteiger partial charge in [-0.25, -0.2) is 0 Å². The minimum Gasteiger partial charge on any atom is -0.309 e. The molecule has 0 saturated heterocycles. The van der Waals surface area contributed by atoms with E-state index in [4.69, 9.17) is 0 Å². The first kappa shape index (κ1) is 24.8. The minimum atomic E-state index is -3.10. The van der Waals surface area contributed by atoms with E-state index in [1.165, 1.54) is 44.5 Å². The normalized spacial score (nSPS) is 23.3. The minimum absolute atomic E-state index is 0.373. The Bertz CT molecular complexity index is 1890. The zero-order valence-electron chi connectivity index (χ0n) is 23.4. The van der Waals surface area contributed by atoms with Gasteiger partial charge in [0.1, 0.15) is 0 Å². The van der Waals surface area contributed by atoms with E-state index in [0.29, 0.717) is 5.92 Å². The largest absolute Gasteiger partial charge is 0.309 e. The van der Waals surface area contributed by atoms with Crippen molar-refractivity contribution >= 4 is 23.3 Å². The molecule has 0 fully saturated rings. The van der Waals surface area contributed by atoms with Crippen LogP contribution in [0.2, 0.25) is 0 Å². The molecule has 200 valence electrons. The molecule has 3 unspecified atom stereocenters. The van der Waals surface area contributed by atoms with E-state index in [-0.39, 0.29) is 5.41 Å². The Morgan fingerprint density at radius 1 is 0.707 bits per heavy atom. The molecule has 2 heteroatoms. The van der Waals surface area contributed by atoms with Crippen LogP contribution in [-0.4, -0.2) is 0 Å². The number of benzene rings is 4. The molecule has 41 heavy (non-hydrogen) atoms. The van der Waals surface area contributed by atoms with Crippen LogP contribution < -0.4 is 10.6 Å². The summed E-state index contributed by atoms with van der Waals surface area (Å²) in [7, 11) is -3.10. The molecule has 0 N–H and O–H groups in total. The number of fused-ring (bicyclic) bond motifs is 9. The van der Waals surface area contributed by atoms with E-state index < -0.39 is 7.14 Å². The summed E-state index contributed by atoms with van der Waals surface area (Å²) in [5.74, 6) is 0.469. The van der Waals surface area contributed by atoms with Gasteiger partial charge in [-0.3, -0.25) is 0 Å². The molecule has 0 radical (unpaired) electrons. The molecule has 0 bridgehead atoms. The molecule has 4 aromatic carbocycles. The van der Waals surface area contributed by atoms with Gasteiger partial charge in [0, 0.05) is 15.9 Å².